The van der Waals surface area contributed by atoms with Gasteiger partial charge < -0.3 is 9.47 Å². The maximum absolute atomic E-state index is 14.4. The summed E-state index contributed by atoms with van der Waals surface area (Å²) in [5.41, 5.74) is 0.0848. The van der Waals surface area contributed by atoms with Gasteiger partial charge in [-0.3, -0.25) is 4.90 Å². The van der Waals surface area contributed by atoms with E-state index in [1.807, 2.05) is 0 Å². The number of ether oxygens (including phenoxy) is 2. The van der Waals surface area contributed by atoms with Gasteiger partial charge in [0.05, 0.1) is 18.0 Å². The van der Waals surface area contributed by atoms with E-state index in [2.05, 4.69) is 35.8 Å². The Morgan fingerprint density at radius 1 is 1.24 bits per heavy atom. The number of halogens is 3. The van der Waals surface area contributed by atoms with Crippen LogP contribution < -0.4 is 9.47 Å². The lowest BCUT2D eigenvalue weighted by Gasteiger charge is -2.31. The first-order chi connectivity index (χ1) is 12.0. The van der Waals surface area contributed by atoms with Crippen molar-refractivity contribution in [3.05, 3.63) is 15.6 Å². The Kier molecular flexibility index (Phi) is 4.45. The van der Waals surface area contributed by atoms with Gasteiger partial charge in [-0.1, -0.05) is 11.6 Å². The Labute approximate surface area is 157 Å². The smallest absolute Gasteiger partial charge is 0.320 e. The van der Waals surface area contributed by atoms with Crippen LogP contribution in [0.4, 0.5) is 4.39 Å². The summed E-state index contributed by atoms with van der Waals surface area (Å²) in [7, 11) is 1.46. The van der Waals surface area contributed by atoms with Crippen LogP contribution >= 0.6 is 27.5 Å². The standard InChI is InChI=1S/C16H17BrClFN4O2/c1-24-14-9-11(10(19)13(18)21-12(9)17)20-15(22-14)25-8-16-4-2-6-23(16)7-3-5-16/h2-8H2,1H3. The first-order valence-corrected chi connectivity index (χ1v) is 9.35. The lowest BCUT2D eigenvalue weighted by molar-refractivity contribution is 0.107. The van der Waals surface area contributed by atoms with Crippen LogP contribution in [0.15, 0.2) is 4.60 Å². The minimum Gasteiger partial charge on any atom is -0.480 e. The topological polar surface area (TPSA) is 60.4 Å². The summed E-state index contributed by atoms with van der Waals surface area (Å²) < 4.78 is 25.9. The molecule has 0 aliphatic carbocycles. The quantitative estimate of drug-likeness (QED) is 0.690. The second-order valence-corrected chi connectivity index (χ2v) is 7.56. The molecule has 0 unspecified atom stereocenters. The molecule has 9 heteroatoms. The number of hydrogen-bond acceptors (Lipinski definition) is 6. The van der Waals surface area contributed by atoms with Crippen LogP contribution in [-0.4, -0.2) is 52.2 Å². The van der Waals surface area contributed by atoms with E-state index in [0.717, 1.165) is 25.9 Å². The summed E-state index contributed by atoms with van der Waals surface area (Å²) >= 11 is 9.09. The number of hydrogen-bond donors (Lipinski definition) is 0. The van der Waals surface area contributed by atoms with Gasteiger partial charge in [0.1, 0.15) is 16.7 Å². The molecule has 0 amide bonds. The van der Waals surface area contributed by atoms with Crippen LogP contribution in [0.2, 0.25) is 5.15 Å². The fourth-order valence-electron chi connectivity index (χ4n) is 3.93. The van der Waals surface area contributed by atoms with Crippen molar-refractivity contribution in [1.82, 2.24) is 19.9 Å². The third-order valence-electron chi connectivity index (χ3n) is 5.12. The SMILES string of the molecule is COc1nc(OCC23CCCN2CCC3)nc2c(F)c(Cl)nc(Br)c12. The molecule has 0 bridgehead atoms. The highest BCUT2D eigenvalue weighted by atomic mass is 79.9. The molecule has 2 fully saturated rings. The second-order valence-electron chi connectivity index (χ2n) is 6.45. The monoisotopic (exact) mass is 430 g/mol. The van der Waals surface area contributed by atoms with Crippen LogP contribution in [0.5, 0.6) is 11.9 Å². The largest absolute Gasteiger partial charge is 0.480 e. The molecule has 0 spiro atoms. The molecule has 0 atom stereocenters. The summed E-state index contributed by atoms with van der Waals surface area (Å²) in [5, 5.41) is 0.0701. The lowest BCUT2D eigenvalue weighted by Crippen LogP contribution is -2.43. The Morgan fingerprint density at radius 3 is 2.64 bits per heavy atom. The van der Waals surface area contributed by atoms with Gasteiger partial charge in [0.25, 0.3) is 0 Å². The van der Waals surface area contributed by atoms with E-state index >= 15 is 0 Å². The van der Waals surface area contributed by atoms with Gasteiger partial charge in [0, 0.05) is 0 Å². The average Bonchev–Trinajstić information content (AvgIpc) is 3.17. The van der Waals surface area contributed by atoms with Crippen LogP contribution in [0.25, 0.3) is 10.9 Å². The molecule has 0 saturated carbocycles. The van der Waals surface area contributed by atoms with E-state index in [1.165, 1.54) is 20.0 Å². The summed E-state index contributed by atoms with van der Waals surface area (Å²) in [4.78, 5) is 14.9. The van der Waals surface area contributed by atoms with Gasteiger partial charge in [-0.25, -0.2) is 9.37 Å². The van der Waals surface area contributed by atoms with E-state index in [0.29, 0.717) is 16.6 Å². The highest BCUT2D eigenvalue weighted by Gasteiger charge is 2.45. The van der Waals surface area contributed by atoms with Crippen molar-refractivity contribution in [3.8, 4) is 11.9 Å². The molecule has 2 aliphatic rings. The first kappa shape index (κ1) is 17.2. The van der Waals surface area contributed by atoms with Crippen LogP contribution in [0, 0.1) is 5.82 Å². The number of aromatic nitrogens is 3. The molecule has 0 aromatic carbocycles. The molecule has 2 aliphatic heterocycles. The number of rotatable bonds is 4. The summed E-state index contributed by atoms with van der Waals surface area (Å²) in [6.07, 6.45) is 4.56. The molecule has 0 N–H and O–H groups in total. The van der Waals surface area contributed by atoms with Crippen molar-refractivity contribution >= 4 is 38.4 Å². The van der Waals surface area contributed by atoms with E-state index in [1.54, 1.807) is 0 Å². The zero-order valence-corrected chi connectivity index (χ0v) is 16.0. The van der Waals surface area contributed by atoms with Crippen molar-refractivity contribution in [1.29, 1.82) is 0 Å². The minimum absolute atomic E-state index is 0.0286. The van der Waals surface area contributed by atoms with Gasteiger partial charge in [-0.15, -0.1) is 0 Å². The fraction of sp³-hybridized carbons (Fsp3) is 0.562. The Balaban J connectivity index is 1.69. The minimum atomic E-state index is -0.716. The molecular weight excluding hydrogens is 415 g/mol. The van der Waals surface area contributed by atoms with Crippen molar-refractivity contribution in [2.24, 2.45) is 0 Å². The van der Waals surface area contributed by atoms with Crippen LogP contribution in [0.3, 0.4) is 0 Å². The molecule has 25 heavy (non-hydrogen) atoms. The van der Waals surface area contributed by atoms with Gasteiger partial charge in [0.15, 0.2) is 11.0 Å². The van der Waals surface area contributed by atoms with Crippen LogP contribution in [-0.2, 0) is 0 Å². The maximum Gasteiger partial charge on any atom is 0.320 e. The molecule has 134 valence electrons. The fourth-order valence-corrected chi connectivity index (χ4v) is 4.74. The third kappa shape index (κ3) is 2.84. The zero-order valence-electron chi connectivity index (χ0n) is 13.7. The highest BCUT2D eigenvalue weighted by molar-refractivity contribution is 9.10. The summed E-state index contributed by atoms with van der Waals surface area (Å²) in [6.45, 7) is 2.70. The van der Waals surface area contributed by atoms with E-state index in [9.17, 15) is 4.39 Å². The van der Waals surface area contributed by atoms with E-state index in [-0.39, 0.29) is 28.1 Å². The van der Waals surface area contributed by atoms with Gasteiger partial charge in [0.2, 0.25) is 5.88 Å². The molecule has 4 heterocycles. The normalized spacial score (nSPS) is 19.4. The molecule has 4 rings (SSSR count). The Hall–Kier alpha value is -1.25. The molecule has 2 aromatic rings. The Bertz CT molecular complexity index is 828. The van der Waals surface area contributed by atoms with Crippen molar-refractivity contribution in [2.75, 3.05) is 26.8 Å². The van der Waals surface area contributed by atoms with Gasteiger partial charge in [-0.05, 0) is 54.7 Å². The van der Waals surface area contributed by atoms with Crippen molar-refractivity contribution in [3.63, 3.8) is 0 Å². The predicted octanol–water partition coefficient (Wildman–Crippen LogP) is 3.60. The average molecular weight is 432 g/mol. The molecule has 2 saturated heterocycles. The predicted molar refractivity (Wildman–Crippen MR) is 94.8 cm³/mol. The summed E-state index contributed by atoms with van der Waals surface area (Å²) in [6, 6.07) is 0.0885. The zero-order chi connectivity index (χ0) is 17.6. The maximum atomic E-state index is 14.4. The number of nitrogens with zero attached hydrogens (tertiary/aromatic N) is 4. The van der Waals surface area contributed by atoms with Crippen molar-refractivity contribution in [2.45, 2.75) is 31.2 Å². The van der Waals surface area contributed by atoms with E-state index < -0.39 is 5.82 Å². The molecule has 0 radical (unpaired) electrons. The van der Waals surface area contributed by atoms with Crippen molar-refractivity contribution < 1.29 is 13.9 Å². The lowest BCUT2D eigenvalue weighted by atomic mass is 9.95. The number of methoxy groups -OCH3 is 1. The molecule has 6 nitrogen and oxygen atoms in total. The number of pyridine rings is 1. The van der Waals surface area contributed by atoms with Crippen LogP contribution in [0.1, 0.15) is 25.7 Å². The second kappa shape index (κ2) is 6.48. The first-order valence-electron chi connectivity index (χ1n) is 8.18. The Morgan fingerprint density at radius 2 is 1.96 bits per heavy atom. The molecular formula is C16H17BrClFN4O2. The molecule has 2 aromatic heterocycles. The third-order valence-corrected chi connectivity index (χ3v) is 5.95. The summed E-state index contributed by atoms with van der Waals surface area (Å²) in [5.74, 6) is -0.519. The highest BCUT2D eigenvalue weighted by Crippen LogP contribution is 2.39. The number of fused-ring (bicyclic) bond motifs is 2. The van der Waals surface area contributed by atoms with Gasteiger partial charge >= 0.3 is 6.01 Å². The van der Waals surface area contributed by atoms with E-state index in [4.69, 9.17) is 21.1 Å². The van der Waals surface area contributed by atoms with Gasteiger partial charge in [-0.2, -0.15) is 9.97 Å².